The first kappa shape index (κ1) is 18.3. The molecule has 1 aliphatic rings. The van der Waals surface area contributed by atoms with Crippen molar-refractivity contribution in [3.05, 3.63) is 82.9 Å². The number of fused-ring (bicyclic) bond motifs is 10. The maximum absolute atomic E-state index is 13.1. The number of hydrogen-bond acceptors (Lipinski definition) is 3. The lowest BCUT2D eigenvalue weighted by atomic mass is 9.91. The van der Waals surface area contributed by atoms with E-state index >= 15 is 0 Å². The number of benzene rings is 4. The minimum Gasteiger partial charge on any atom is -0.336 e. The third-order valence-corrected chi connectivity index (χ3v) is 6.58. The maximum Gasteiger partial charge on any atom is 0.286 e. The van der Waals surface area contributed by atoms with E-state index in [2.05, 4.69) is 27.1 Å². The van der Waals surface area contributed by atoms with E-state index in [1.54, 1.807) is 0 Å². The predicted molar refractivity (Wildman–Crippen MR) is 125 cm³/mol. The molecule has 1 aliphatic heterocycles. The van der Waals surface area contributed by atoms with Crippen LogP contribution >= 0.6 is 15.9 Å². The predicted octanol–water partition coefficient (Wildman–Crippen LogP) is 6.03. The van der Waals surface area contributed by atoms with Crippen molar-refractivity contribution in [2.75, 3.05) is 0 Å². The molecule has 0 unspecified atom stereocenters. The first-order valence-electron chi connectivity index (χ1n) is 9.80. The third-order valence-electron chi connectivity index (χ3n) is 6.08. The molecule has 0 aliphatic carbocycles. The van der Waals surface area contributed by atoms with Gasteiger partial charge in [-0.15, -0.1) is 11.6 Å². The number of amides is 2. The van der Waals surface area contributed by atoms with Gasteiger partial charge in [0.15, 0.2) is 0 Å². The van der Waals surface area contributed by atoms with Gasteiger partial charge in [-0.1, -0.05) is 58.4 Å². The molecule has 1 aromatic heterocycles. The van der Waals surface area contributed by atoms with Crippen LogP contribution in [-0.4, -0.2) is 26.7 Å². The van der Waals surface area contributed by atoms with Gasteiger partial charge < -0.3 is 4.57 Å². The summed E-state index contributed by atoms with van der Waals surface area (Å²) >= 11 is 3.53. The van der Waals surface area contributed by atoms with Gasteiger partial charge in [0.2, 0.25) is 0 Å². The zero-order valence-electron chi connectivity index (χ0n) is 16.2. The highest BCUT2D eigenvalue weighted by atomic mass is 79.9. The summed E-state index contributed by atoms with van der Waals surface area (Å²) in [7, 11) is 0. The minimum absolute atomic E-state index is 0.236. The zero-order chi connectivity index (χ0) is 21.4. The molecule has 0 saturated heterocycles. The Morgan fingerprint density at radius 2 is 1.65 bits per heavy atom. The zero-order valence-corrected chi connectivity index (χ0v) is 17.8. The van der Waals surface area contributed by atoms with E-state index in [4.69, 9.17) is 0 Å². The van der Waals surface area contributed by atoms with Gasteiger partial charge in [-0.25, -0.2) is 0 Å². The second kappa shape index (κ2) is 6.26. The van der Waals surface area contributed by atoms with E-state index < -0.39 is 11.8 Å². The van der Waals surface area contributed by atoms with Crippen LogP contribution in [0.3, 0.4) is 0 Å². The fourth-order valence-electron chi connectivity index (χ4n) is 4.90. The Balaban J connectivity index is 2.02. The molecule has 2 heterocycles. The Bertz CT molecular complexity index is 1650. The molecule has 150 valence electrons. The summed E-state index contributed by atoms with van der Waals surface area (Å²) in [6.07, 6.45) is 1.81. The van der Waals surface area contributed by atoms with Gasteiger partial charge in [0, 0.05) is 38.1 Å². The lowest BCUT2D eigenvalue weighted by molar-refractivity contribution is -0.0325. The van der Waals surface area contributed by atoms with Gasteiger partial charge in [-0.05, 0) is 29.0 Å². The van der Waals surface area contributed by atoms with Crippen molar-refractivity contribution in [3.8, 4) is 0 Å². The number of aromatic nitrogens is 1. The second-order valence-corrected chi connectivity index (χ2v) is 8.58. The van der Waals surface area contributed by atoms with Crippen LogP contribution in [0.15, 0.2) is 71.7 Å². The van der Waals surface area contributed by atoms with E-state index in [-0.39, 0.29) is 16.2 Å². The number of carbonyl (C=O) groups excluding carboxylic acids is 2. The molecule has 0 atom stereocenters. The summed E-state index contributed by atoms with van der Waals surface area (Å²) in [6.45, 7) is 4.44. The number of imide groups is 1. The van der Waals surface area contributed by atoms with Crippen LogP contribution < -0.4 is 0 Å². The van der Waals surface area contributed by atoms with Crippen LogP contribution in [0.2, 0.25) is 0 Å². The molecule has 0 radical (unpaired) electrons. The van der Waals surface area contributed by atoms with E-state index in [1.165, 1.54) is 0 Å². The Morgan fingerprint density at radius 1 is 0.903 bits per heavy atom. The van der Waals surface area contributed by atoms with Crippen LogP contribution in [-0.2, 0) is 6.54 Å². The third kappa shape index (κ3) is 2.23. The summed E-state index contributed by atoms with van der Waals surface area (Å²) in [5.41, 5.74) is 2.28. The number of hydroxylamine groups is 2. The molecule has 0 saturated carbocycles. The van der Waals surface area contributed by atoms with Crippen molar-refractivity contribution in [1.29, 1.82) is 0 Å². The van der Waals surface area contributed by atoms with Crippen molar-refractivity contribution >= 4 is 71.1 Å². The van der Waals surface area contributed by atoms with Crippen molar-refractivity contribution in [1.82, 2.24) is 9.63 Å². The summed E-state index contributed by atoms with van der Waals surface area (Å²) in [4.78, 5) is 26.2. The molecule has 0 fully saturated rings. The second-order valence-electron chi connectivity index (χ2n) is 7.67. The van der Waals surface area contributed by atoms with Crippen molar-refractivity contribution < 1.29 is 14.8 Å². The molecule has 0 spiro atoms. The van der Waals surface area contributed by atoms with Gasteiger partial charge in [0.25, 0.3) is 11.8 Å². The standard InChI is InChI=1S/C25H15BrN2O3/c1-2-11-27-18-10-8-14(26)12-17(18)20-22-21(24(29)28(31)25(22)30)19-15-6-4-3-5-13(15)7-9-16(19)23(20)27/h2-10,12,31H,1,11H2. The van der Waals surface area contributed by atoms with Crippen molar-refractivity contribution in [3.63, 3.8) is 0 Å². The fourth-order valence-corrected chi connectivity index (χ4v) is 5.26. The van der Waals surface area contributed by atoms with Gasteiger partial charge in [-0.3, -0.25) is 14.8 Å². The van der Waals surface area contributed by atoms with E-state index in [9.17, 15) is 14.8 Å². The van der Waals surface area contributed by atoms with Crippen molar-refractivity contribution in [2.45, 2.75) is 6.54 Å². The highest BCUT2D eigenvalue weighted by molar-refractivity contribution is 9.10. The highest BCUT2D eigenvalue weighted by Crippen LogP contribution is 2.45. The molecular formula is C25H15BrN2O3. The Kier molecular flexibility index (Phi) is 3.70. The maximum atomic E-state index is 13.1. The van der Waals surface area contributed by atoms with Crippen LogP contribution in [0.1, 0.15) is 20.7 Å². The van der Waals surface area contributed by atoms with E-state index in [0.717, 1.165) is 37.1 Å². The SMILES string of the molecule is C=CCn1c2ccc(Br)cc2c2c3c(c4c5ccccc5ccc4c21)C(=O)N(O)C3=O. The number of halogens is 1. The Morgan fingerprint density at radius 3 is 2.42 bits per heavy atom. The average molecular weight is 471 g/mol. The van der Waals surface area contributed by atoms with E-state index in [1.807, 2.05) is 60.7 Å². The number of carbonyl (C=O) groups is 2. The lowest BCUT2D eigenvalue weighted by Crippen LogP contribution is -2.25. The molecule has 5 nitrogen and oxygen atoms in total. The first-order chi connectivity index (χ1) is 15.0. The van der Waals surface area contributed by atoms with Crippen LogP contribution in [0.5, 0.6) is 0 Å². The minimum atomic E-state index is -0.697. The summed E-state index contributed by atoms with van der Waals surface area (Å²) in [5, 5.41) is 15.4. The number of rotatable bonds is 2. The summed E-state index contributed by atoms with van der Waals surface area (Å²) in [5.74, 6) is -1.39. The number of allylic oxidation sites excluding steroid dienone is 1. The van der Waals surface area contributed by atoms with Gasteiger partial charge in [0.05, 0.1) is 16.6 Å². The molecule has 1 N–H and O–H groups in total. The summed E-state index contributed by atoms with van der Waals surface area (Å²) in [6, 6.07) is 17.7. The van der Waals surface area contributed by atoms with Crippen molar-refractivity contribution in [2.24, 2.45) is 0 Å². The average Bonchev–Trinajstić information content (AvgIpc) is 3.21. The van der Waals surface area contributed by atoms with Crippen LogP contribution in [0, 0.1) is 0 Å². The summed E-state index contributed by atoms with van der Waals surface area (Å²) < 4.78 is 2.97. The molecule has 4 aromatic carbocycles. The fraction of sp³-hybridized carbons (Fsp3) is 0.0400. The topological polar surface area (TPSA) is 62.5 Å². The largest absolute Gasteiger partial charge is 0.336 e. The quantitative estimate of drug-likeness (QED) is 0.148. The monoisotopic (exact) mass is 470 g/mol. The molecule has 5 aromatic rings. The van der Waals surface area contributed by atoms with E-state index in [0.29, 0.717) is 17.3 Å². The smallest absolute Gasteiger partial charge is 0.286 e. The molecule has 0 bridgehead atoms. The molecule has 2 amide bonds. The highest BCUT2D eigenvalue weighted by Gasteiger charge is 2.40. The van der Waals surface area contributed by atoms with Gasteiger partial charge >= 0.3 is 0 Å². The Labute approximate surface area is 184 Å². The molecular weight excluding hydrogens is 456 g/mol. The van der Waals surface area contributed by atoms with Gasteiger partial charge in [0.1, 0.15) is 0 Å². The number of nitrogens with zero attached hydrogens (tertiary/aromatic N) is 2. The molecule has 6 rings (SSSR count). The Hall–Kier alpha value is -3.48. The normalized spacial score (nSPS) is 13.8. The van der Waals surface area contributed by atoms with Crippen LogP contribution in [0.25, 0.3) is 43.4 Å². The number of hydrogen-bond donors (Lipinski definition) is 1. The molecule has 31 heavy (non-hydrogen) atoms. The first-order valence-corrected chi connectivity index (χ1v) is 10.6. The van der Waals surface area contributed by atoms with Gasteiger partial charge in [-0.2, -0.15) is 0 Å². The molecule has 6 heteroatoms. The lowest BCUT2D eigenvalue weighted by Gasteiger charge is -2.12. The van der Waals surface area contributed by atoms with Crippen LogP contribution in [0.4, 0.5) is 0 Å².